The smallest absolute Gasteiger partial charge is 0.264 e. The van der Waals surface area contributed by atoms with Gasteiger partial charge in [-0.1, -0.05) is 0 Å². The van der Waals surface area contributed by atoms with Crippen LogP contribution >= 0.6 is 0 Å². The van der Waals surface area contributed by atoms with Gasteiger partial charge < -0.3 is 9.47 Å². The predicted octanol–water partition coefficient (Wildman–Crippen LogP) is 3.52. The summed E-state index contributed by atoms with van der Waals surface area (Å²) in [4.78, 5) is 16.4. The highest BCUT2D eigenvalue weighted by molar-refractivity contribution is 7.89. The van der Waals surface area contributed by atoms with E-state index in [2.05, 4.69) is 4.98 Å². The van der Waals surface area contributed by atoms with E-state index in [1.54, 1.807) is 12.1 Å². The number of aromatic nitrogens is 1. The third-order valence-electron chi connectivity index (χ3n) is 3.89. The molecule has 156 valence electrons. The number of methoxy groups -OCH3 is 1. The Morgan fingerprint density at radius 1 is 1.03 bits per heavy atom. The molecule has 3 rings (SSSR count). The van der Waals surface area contributed by atoms with Crippen molar-refractivity contribution in [2.45, 2.75) is 0 Å². The first-order valence-electron chi connectivity index (χ1n) is 8.46. The van der Waals surface area contributed by atoms with Gasteiger partial charge in [0.2, 0.25) is 15.9 Å². The zero-order valence-electron chi connectivity index (χ0n) is 15.8. The highest BCUT2D eigenvalue weighted by atomic mass is 32.2. The SMILES string of the molecule is COc1ncccc1-c1cc(C(=O)NS(C)(=O)=O)ccc1Oc1ccc(F)cc1F. The molecule has 1 heterocycles. The lowest BCUT2D eigenvalue weighted by Crippen LogP contribution is -2.29. The van der Waals surface area contributed by atoms with Crippen molar-refractivity contribution in [2.24, 2.45) is 0 Å². The number of hydrogen-bond acceptors (Lipinski definition) is 6. The average molecular weight is 434 g/mol. The Morgan fingerprint density at radius 3 is 2.43 bits per heavy atom. The molecule has 0 radical (unpaired) electrons. The number of hydrogen-bond donors (Lipinski definition) is 1. The summed E-state index contributed by atoms with van der Waals surface area (Å²) >= 11 is 0. The van der Waals surface area contributed by atoms with E-state index in [9.17, 15) is 22.0 Å². The predicted molar refractivity (Wildman–Crippen MR) is 105 cm³/mol. The van der Waals surface area contributed by atoms with Crippen molar-refractivity contribution in [1.82, 2.24) is 9.71 Å². The summed E-state index contributed by atoms with van der Waals surface area (Å²) in [7, 11) is -2.39. The molecule has 0 aliphatic rings. The lowest BCUT2D eigenvalue weighted by atomic mass is 10.0. The van der Waals surface area contributed by atoms with E-state index in [1.807, 2.05) is 4.72 Å². The summed E-state index contributed by atoms with van der Waals surface area (Å²) in [6.45, 7) is 0. The van der Waals surface area contributed by atoms with Crippen LogP contribution in [0.2, 0.25) is 0 Å². The van der Waals surface area contributed by atoms with Gasteiger partial charge in [0.15, 0.2) is 11.6 Å². The maximum absolute atomic E-state index is 14.1. The van der Waals surface area contributed by atoms with Crippen LogP contribution in [0.3, 0.4) is 0 Å². The van der Waals surface area contributed by atoms with Gasteiger partial charge in [0.05, 0.1) is 13.4 Å². The number of pyridine rings is 1. The fourth-order valence-corrected chi connectivity index (χ4v) is 3.09. The van der Waals surface area contributed by atoms with Crippen molar-refractivity contribution < 1.29 is 31.5 Å². The molecule has 0 saturated heterocycles. The van der Waals surface area contributed by atoms with Gasteiger partial charge in [-0.25, -0.2) is 26.9 Å². The second-order valence-electron chi connectivity index (χ2n) is 6.15. The second kappa shape index (κ2) is 8.46. The zero-order valence-corrected chi connectivity index (χ0v) is 16.7. The number of benzene rings is 2. The normalized spacial score (nSPS) is 11.1. The summed E-state index contributed by atoms with van der Waals surface area (Å²) in [6, 6.07) is 10.1. The van der Waals surface area contributed by atoms with Crippen molar-refractivity contribution in [3.05, 3.63) is 71.9 Å². The van der Waals surface area contributed by atoms with Crippen LogP contribution in [0.4, 0.5) is 8.78 Å². The molecule has 0 saturated carbocycles. The molecule has 0 fully saturated rings. The third-order valence-corrected chi connectivity index (χ3v) is 4.44. The van der Waals surface area contributed by atoms with Crippen molar-refractivity contribution in [1.29, 1.82) is 0 Å². The Bertz CT molecular complexity index is 1220. The van der Waals surface area contributed by atoms with Gasteiger partial charge in [-0.3, -0.25) is 4.79 Å². The summed E-state index contributed by atoms with van der Waals surface area (Å²) in [6.07, 6.45) is 2.34. The Morgan fingerprint density at radius 2 is 1.77 bits per heavy atom. The maximum Gasteiger partial charge on any atom is 0.264 e. The first-order chi connectivity index (χ1) is 14.2. The fraction of sp³-hybridized carbons (Fsp3) is 0.100. The maximum atomic E-state index is 14.1. The third kappa shape index (κ3) is 4.90. The summed E-state index contributed by atoms with van der Waals surface area (Å²) < 4.78 is 62.8. The number of ether oxygens (including phenoxy) is 2. The Kier molecular flexibility index (Phi) is 5.97. The molecule has 0 aliphatic carbocycles. The Hall–Kier alpha value is -3.53. The van der Waals surface area contributed by atoms with Crippen LogP contribution < -0.4 is 14.2 Å². The highest BCUT2D eigenvalue weighted by Gasteiger charge is 2.19. The number of rotatable bonds is 6. The van der Waals surface area contributed by atoms with Gasteiger partial charge in [-0.05, 0) is 42.5 Å². The molecule has 1 amide bonds. The van der Waals surface area contributed by atoms with E-state index in [0.29, 0.717) is 11.6 Å². The van der Waals surface area contributed by atoms with Gasteiger partial charge in [0, 0.05) is 29.0 Å². The quantitative estimate of drug-likeness (QED) is 0.638. The minimum atomic E-state index is -3.78. The molecular formula is C20H16F2N2O5S. The molecule has 0 atom stereocenters. The number of carbonyl (C=O) groups excluding carboxylic acids is 1. The second-order valence-corrected chi connectivity index (χ2v) is 7.90. The fourth-order valence-electron chi connectivity index (χ4n) is 2.63. The molecule has 0 unspecified atom stereocenters. The first kappa shape index (κ1) is 21.2. The monoisotopic (exact) mass is 434 g/mol. The largest absolute Gasteiger partial charge is 0.481 e. The van der Waals surface area contributed by atoms with E-state index in [-0.39, 0.29) is 28.5 Å². The van der Waals surface area contributed by atoms with Crippen LogP contribution in [-0.4, -0.2) is 32.7 Å². The van der Waals surface area contributed by atoms with E-state index in [0.717, 1.165) is 18.4 Å². The lowest BCUT2D eigenvalue weighted by molar-refractivity contribution is 0.0981. The Balaban J connectivity index is 2.13. The molecule has 10 heteroatoms. The number of nitrogens with one attached hydrogen (secondary N) is 1. The van der Waals surface area contributed by atoms with Crippen LogP contribution in [0, 0.1) is 11.6 Å². The van der Waals surface area contributed by atoms with Gasteiger partial charge in [0.1, 0.15) is 11.6 Å². The number of sulfonamides is 1. The molecule has 1 N–H and O–H groups in total. The standard InChI is InChI=1S/C20H16F2N2O5S/c1-28-20-14(4-3-9-23-20)15-10-12(19(25)24-30(2,26)27)5-7-17(15)29-18-8-6-13(21)11-16(18)22/h3-11H,1-2H3,(H,24,25). The lowest BCUT2D eigenvalue weighted by Gasteiger charge is -2.15. The summed E-state index contributed by atoms with van der Waals surface area (Å²) in [5, 5.41) is 0. The van der Waals surface area contributed by atoms with Gasteiger partial charge in [0.25, 0.3) is 5.91 Å². The van der Waals surface area contributed by atoms with E-state index in [1.165, 1.54) is 31.5 Å². The topological polar surface area (TPSA) is 94.6 Å². The van der Waals surface area contributed by atoms with Crippen molar-refractivity contribution in [3.8, 4) is 28.5 Å². The molecular weight excluding hydrogens is 418 g/mol. The van der Waals surface area contributed by atoms with E-state index >= 15 is 0 Å². The highest BCUT2D eigenvalue weighted by Crippen LogP contribution is 2.38. The van der Waals surface area contributed by atoms with Crippen molar-refractivity contribution in [3.63, 3.8) is 0 Å². The average Bonchev–Trinajstić information content (AvgIpc) is 2.69. The Labute approximate surface area is 171 Å². The molecule has 1 aromatic heterocycles. The van der Waals surface area contributed by atoms with Crippen LogP contribution in [0.5, 0.6) is 17.4 Å². The molecule has 3 aromatic rings. The number of halogens is 2. The number of carbonyl (C=O) groups is 1. The van der Waals surface area contributed by atoms with Gasteiger partial charge >= 0.3 is 0 Å². The van der Waals surface area contributed by atoms with E-state index < -0.39 is 27.6 Å². The van der Waals surface area contributed by atoms with E-state index in [4.69, 9.17) is 9.47 Å². The van der Waals surface area contributed by atoms with Gasteiger partial charge in [-0.2, -0.15) is 0 Å². The molecule has 0 spiro atoms. The van der Waals surface area contributed by atoms with Crippen LogP contribution in [0.25, 0.3) is 11.1 Å². The molecule has 2 aromatic carbocycles. The van der Waals surface area contributed by atoms with Crippen LogP contribution in [0.15, 0.2) is 54.7 Å². The zero-order chi connectivity index (χ0) is 21.9. The molecule has 0 aliphatic heterocycles. The molecule has 7 nitrogen and oxygen atoms in total. The molecule has 30 heavy (non-hydrogen) atoms. The minimum Gasteiger partial charge on any atom is -0.481 e. The van der Waals surface area contributed by atoms with Crippen molar-refractivity contribution in [2.75, 3.05) is 13.4 Å². The van der Waals surface area contributed by atoms with Crippen LogP contribution in [0.1, 0.15) is 10.4 Å². The van der Waals surface area contributed by atoms with Crippen LogP contribution in [-0.2, 0) is 10.0 Å². The van der Waals surface area contributed by atoms with Crippen molar-refractivity contribution >= 4 is 15.9 Å². The molecule has 0 bridgehead atoms. The minimum absolute atomic E-state index is 0.00765. The first-order valence-corrected chi connectivity index (χ1v) is 10.4. The number of nitrogens with zero attached hydrogens (tertiary/aromatic N) is 1. The van der Waals surface area contributed by atoms with Gasteiger partial charge in [-0.15, -0.1) is 0 Å². The number of amides is 1. The summed E-state index contributed by atoms with van der Waals surface area (Å²) in [5.41, 5.74) is 0.699. The summed E-state index contributed by atoms with van der Waals surface area (Å²) in [5.74, 6) is -2.47.